The largest absolute Gasteiger partial charge is 0.324 e. The van der Waals surface area contributed by atoms with E-state index in [2.05, 4.69) is 5.43 Å². The normalized spacial score (nSPS) is 14.9. The Hall–Kier alpha value is -1.92. The van der Waals surface area contributed by atoms with Gasteiger partial charge >= 0.3 is 0 Å². The van der Waals surface area contributed by atoms with Crippen LogP contribution in [0.1, 0.15) is 19.4 Å². The molecule has 0 unspecified atom stereocenters. The van der Waals surface area contributed by atoms with E-state index >= 15 is 0 Å². The maximum absolute atomic E-state index is 11.0. The number of hydrazine groups is 1. The van der Waals surface area contributed by atoms with Gasteiger partial charge in [0.05, 0.1) is 23.2 Å². The minimum Gasteiger partial charge on any atom is -0.324 e. The van der Waals surface area contributed by atoms with E-state index in [9.17, 15) is 10.1 Å². The van der Waals surface area contributed by atoms with E-state index in [4.69, 9.17) is 5.73 Å². The van der Waals surface area contributed by atoms with Crippen molar-refractivity contribution in [3.8, 4) is 0 Å². The molecule has 6 heteroatoms. The Kier molecular flexibility index (Phi) is 3.55. The van der Waals surface area contributed by atoms with E-state index in [-0.39, 0.29) is 10.6 Å². The first-order valence-corrected chi connectivity index (χ1v) is 6.11. The first kappa shape index (κ1) is 13.5. The molecule has 1 aromatic rings. The molecule has 1 aliphatic rings. The lowest BCUT2D eigenvalue weighted by Crippen LogP contribution is -2.49. The highest BCUT2D eigenvalue weighted by atomic mass is 16.6. The van der Waals surface area contributed by atoms with Crippen LogP contribution in [0.2, 0.25) is 0 Å². The lowest BCUT2D eigenvalue weighted by atomic mass is 10.0. The zero-order valence-electron chi connectivity index (χ0n) is 11.1. The summed E-state index contributed by atoms with van der Waals surface area (Å²) < 4.78 is 0. The summed E-state index contributed by atoms with van der Waals surface area (Å²) in [7, 11) is 0. The van der Waals surface area contributed by atoms with Crippen molar-refractivity contribution < 1.29 is 4.92 Å². The van der Waals surface area contributed by atoms with Crippen LogP contribution in [0.5, 0.6) is 0 Å². The van der Waals surface area contributed by atoms with Crippen LogP contribution in [0.4, 0.5) is 5.69 Å². The van der Waals surface area contributed by atoms with Crippen LogP contribution in [0.3, 0.4) is 0 Å². The van der Waals surface area contributed by atoms with E-state index in [1.807, 2.05) is 38.1 Å². The predicted molar refractivity (Wildman–Crippen MR) is 74.0 cm³/mol. The van der Waals surface area contributed by atoms with Crippen LogP contribution in [-0.4, -0.2) is 17.0 Å². The number of hydrogen-bond acceptors (Lipinski definition) is 5. The van der Waals surface area contributed by atoms with Crippen molar-refractivity contribution in [3.05, 3.63) is 51.8 Å². The zero-order chi connectivity index (χ0) is 14.0. The maximum atomic E-state index is 11.0. The molecule has 6 nitrogen and oxygen atoms in total. The molecule has 1 aromatic carbocycles. The third kappa shape index (κ3) is 3.30. The SMILES string of the molecule is CC(C)(N)CNN1C=C([N+](=O)[O-])Cc2ccccc21. The van der Waals surface area contributed by atoms with Gasteiger partial charge in [-0.25, -0.2) is 5.43 Å². The second-order valence-corrected chi connectivity index (χ2v) is 5.38. The second-order valence-electron chi connectivity index (χ2n) is 5.38. The molecule has 1 aliphatic heterocycles. The summed E-state index contributed by atoms with van der Waals surface area (Å²) in [5.74, 6) is 0. The molecule has 0 aromatic heterocycles. The molecule has 0 amide bonds. The molecule has 0 atom stereocenters. The van der Waals surface area contributed by atoms with E-state index in [0.29, 0.717) is 13.0 Å². The van der Waals surface area contributed by atoms with Gasteiger partial charge in [0.25, 0.3) is 5.70 Å². The summed E-state index contributed by atoms with van der Waals surface area (Å²) >= 11 is 0. The number of nitro groups is 1. The number of anilines is 1. The van der Waals surface area contributed by atoms with Crippen LogP contribution in [0.25, 0.3) is 0 Å². The first-order valence-electron chi connectivity index (χ1n) is 6.11. The molecule has 1 heterocycles. The number of hydrogen-bond donors (Lipinski definition) is 2. The molecule has 0 fully saturated rings. The van der Waals surface area contributed by atoms with Crippen molar-refractivity contribution in [2.45, 2.75) is 25.8 Å². The number of fused-ring (bicyclic) bond motifs is 1. The van der Waals surface area contributed by atoms with Crippen LogP contribution >= 0.6 is 0 Å². The van der Waals surface area contributed by atoms with Crippen molar-refractivity contribution >= 4 is 5.69 Å². The van der Waals surface area contributed by atoms with Gasteiger partial charge in [-0.15, -0.1) is 0 Å². The molecule has 2 rings (SSSR count). The maximum Gasteiger partial charge on any atom is 0.268 e. The molecule has 3 N–H and O–H groups in total. The Labute approximate surface area is 112 Å². The monoisotopic (exact) mass is 262 g/mol. The van der Waals surface area contributed by atoms with Gasteiger partial charge in [-0.2, -0.15) is 0 Å². The third-order valence-electron chi connectivity index (χ3n) is 2.84. The molecular weight excluding hydrogens is 244 g/mol. The fourth-order valence-corrected chi connectivity index (χ4v) is 1.89. The van der Waals surface area contributed by atoms with Gasteiger partial charge in [0.2, 0.25) is 0 Å². The van der Waals surface area contributed by atoms with Gasteiger partial charge in [-0.05, 0) is 25.5 Å². The van der Waals surface area contributed by atoms with Crippen molar-refractivity contribution in [3.63, 3.8) is 0 Å². The summed E-state index contributed by atoms with van der Waals surface area (Å²) in [4.78, 5) is 10.6. The highest BCUT2D eigenvalue weighted by Gasteiger charge is 2.24. The average molecular weight is 262 g/mol. The van der Waals surface area contributed by atoms with Crippen molar-refractivity contribution in [2.24, 2.45) is 5.73 Å². The molecule has 0 saturated heterocycles. The smallest absolute Gasteiger partial charge is 0.268 e. The fraction of sp³-hybridized carbons (Fsp3) is 0.385. The number of nitrogens with two attached hydrogens (primary N) is 1. The fourth-order valence-electron chi connectivity index (χ4n) is 1.89. The molecule has 0 bridgehead atoms. The predicted octanol–water partition coefficient (Wildman–Crippen LogP) is 1.41. The first-order chi connectivity index (χ1) is 8.87. The van der Waals surface area contributed by atoms with Gasteiger partial charge in [-0.3, -0.25) is 15.1 Å². The van der Waals surface area contributed by atoms with Crippen LogP contribution in [-0.2, 0) is 6.42 Å². The van der Waals surface area contributed by atoms with Gasteiger partial charge in [0, 0.05) is 12.1 Å². The standard InChI is InChI=1S/C13H18N4O2/c1-13(2,14)9-15-16-8-11(17(18)19)7-10-5-3-4-6-12(10)16/h3-6,8,15H,7,9,14H2,1-2H3. The molecule has 0 aliphatic carbocycles. The van der Waals surface area contributed by atoms with Crippen molar-refractivity contribution in [2.75, 3.05) is 11.6 Å². The van der Waals surface area contributed by atoms with Gasteiger partial charge in [0.1, 0.15) is 0 Å². The molecule has 0 saturated carbocycles. The third-order valence-corrected chi connectivity index (χ3v) is 2.84. The van der Waals surface area contributed by atoms with Crippen molar-refractivity contribution in [1.82, 2.24) is 5.43 Å². The molecule has 19 heavy (non-hydrogen) atoms. The zero-order valence-corrected chi connectivity index (χ0v) is 11.1. The highest BCUT2D eigenvalue weighted by Crippen LogP contribution is 2.27. The summed E-state index contributed by atoms with van der Waals surface area (Å²) in [6.45, 7) is 4.31. The molecule has 102 valence electrons. The Bertz CT molecular complexity index is 520. The number of rotatable bonds is 4. The number of allylic oxidation sites excluding steroid dienone is 1. The lowest BCUT2D eigenvalue weighted by molar-refractivity contribution is -0.427. The number of para-hydroxylation sites is 1. The summed E-state index contributed by atoms with van der Waals surface area (Å²) in [6, 6.07) is 7.62. The highest BCUT2D eigenvalue weighted by molar-refractivity contribution is 5.58. The Morgan fingerprint density at radius 3 is 2.79 bits per heavy atom. The van der Waals surface area contributed by atoms with Crippen LogP contribution in [0, 0.1) is 10.1 Å². The molecule has 0 radical (unpaired) electrons. The summed E-state index contributed by atoms with van der Waals surface area (Å²) in [6.07, 6.45) is 1.86. The topological polar surface area (TPSA) is 84.4 Å². The van der Waals surface area contributed by atoms with Crippen molar-refractivity contribution in [1.29, 1.82) is 0 Å². The Morgan fingerprint density at radius 2 is 2.16 bits per heavy atom. The van der Waals surface area contributed by atoms with Gasteiger partial charge in [-0.1, -0.05) is 18.2 Å². The van der Waals surface area contributed by atoms with Crippen LogP contribution < -0.4 is 16.2 Å². The van der Waals surface area contributed by atoms with Gasteiger partial charge in [0.15, 0.2) is 0 Å². The number of nitrogens with one attached hydrogen (secondary N) is 1. The second kappa shape index (κ2) is 4.99. The quantitative estimate of drug-likeness (QED) is 0.633. The van der Waals surface area contributed by atoms with E-state index in [0.717, 1.165) is 11.3 Å². The van der Waals surface area contributed by atoms with E-state index < -0.39 is 5.54 Å². The minimum atomic E-state index is -0.394. The molecule has 0 spiro atoms. The Morgan fingerprint density at radius 1 is 1.47 bits per heavy atom. The van der Waals surface area contributed by atoms with E-state index in [1.165, 1.54) is 6.20 Å². The van der Waals surface area contributed by atoms with Crippen LogP contribution in [0.15, 0.2) is 36.2 Å². The average Bonchev–Trinajstić information content (AvgIpc) is 2.34. The summed E-state index contributed by atoms with van der Waals surface area (Å²) in [5.41, 5.74) is 10.7. The number of benzene rings is 1. The lowest BCUT2D eigenvalue weighted by Gasteiger charge is -2.30. The van der Waals surface area contributed by atoms with Gasteiger partial charge < -0.3 is 5.73 Å². The van der Waals surface area contributed by atoms with E-state index in [1.54, 1.807) is 5.01 Å². The number of nitrogens with zero attached hydrogens (tertiary/aromatic N) is 2. The molecular formula is C13H18N4O2. The minimum absolute atomic E-state index is 0.168. The summed E-state index contributed by atoms with van der Waals surface area (Å²) in [5, 5.41) is 12.7. The Balaban J connectivity index is 2.26.